The zero-order valence-electron chi connectivity index (χ0n) is 8.65. The van der Waals surface area contributed by atoms with E-state index in [-0.39, 0.29) is 5.25 Å². The van der Waals surface area contributed by atoms with E-state index in [1.54, 1.807) is 24.8 Å². The summed E-state index contributed by atoms with van der Waals surface area (Å²) in [4.78, 5) is 0. The van der Waals surface area contributed by atoms with Gasteiger partial charge in [-0.05, 0) is 12.7 Å². The van der Waals surface area contributed by atoms with Crippen molar-refractivity contribution in [3.63, 3.8) is 0 Å². The van der Waals surface area contributed by atoms with Crippen LogP contribution < -0.4 is 4.72 Å². The molecule has 2 atom stereocenters. The minimum Gasteiger partial charge on any atom is -0.213 e. The van der Waals surface area contributed by atoms with Crippen molar-refractivity contribution in [2.45, 2.75) is 30.8 Å². The van der Waals surface area contributed by atoms with E-state index >= 15 is 0 Å². The van der Waals surface area contributed by atoms with Gasteiger partial charge in [0.05, 0.1) is 6.07 Å². The Balaban J connectivity index is 4.29. The molecule has 0 heterocycles. The Labute approximate surface area is 90.1 Å². The van der Waals surface area contributed by atoms with Gasteiger partial charge in [0, 0.05) is 11.8 Å². The lowest BCUT2D eigenvalue weighted by Gasteiger charge is -2.12. The highest BCUT2D eigenvalue weighted by Crippen LogP contribution is 2.06. The molecule has 0 saturated heterocycles. The molecule has 0 saturated carbocycles. The molecule has 0 aliphatic heterocycles. The van der Waals surface area contributed by atoms with E-state index < -0.39 is 15.3 Å². The van der Waals surface area contributed by atoms with Gasteiger partial charge in [0.25, 0.3) is 0 Å². The Hall–Kier alpha value is -0.250. The van der Waals surface area contributed by atoms with Gasteiger partial charge in [-0.3, -0.25) is 0 Å². The molecule has 0 bridgehead atoms. The second kappa shape index (κ2) is 6.27. The number of thioether (sulfide) groups is 1. The Bertz CT molecular complexity index is 295. The van der Waals surface area contributed by atoms with Gasteiger partial charge in [-0.2, -0.15) is 17.0 Å². The van der Waals surface area contributed by atoms with Crippen molar-refractivity contribution in [2.75, 3.05) is 12.8 Å². The predicted octanol–water partition coefficient (Wildman–Crippen LogP) is 0.959. The molecular formula is C8H16N2O2S2. The SMILES string of the molecule is CCC(C#N)S(=O)(=O)NCC(C)SC. The lowest BCUT2D eigenvalue weighted by molar-refractivity contribution is 0.572. The summed E-state index contributed by atoms with van der Waals surface area (Å²) in [6.07, 6.45) is 2.24. The Morgan fingerprint density at radius 1 is 1.57 bits per heavy atom. The van der Waals surface area contributed by atoms with Crippen LogP contribution in [0.4, 0.5) is 0 Å². The summed E-state index contributed by atoms with van der Waals surface area (Å²) in [6, 6.07) is 1.78. The van der Waals surface area contributed by atoms with E-state index in [2.05, 4.69) is 4.72 Å². The van der Waals surface area contributed by atoms with Crippen LogP contribution in [0.15, 0.2) is 0 Å². The quantitative estimate of drug-likeness (QED) is 0.745. The smallest absolute Gasteiger partial charge is 0.213 e. The highest BCUT2D eigenvalue weighted by atomic mass is 32.2. The van der Waals surface area contributed by atoms with Crippen LogP contribution in [0.5, 0.6) is 0 Å². The summed E-state index contributed by atoms with van der Waals surface area (Å²) in [5, 5.41) is 7.90. The van der Waals surface area contributed by atoms with Crippen LogP contribution in [0.3, 0.4) is 0 Å². The maximum Gasteiger partial charge on any atom is 0.227 e. The van der Waals surface area contributed by atoms with Crippen molar-refractivity contribution in [3.8, 4) is 6.07 Å². The van der Waals surface area contributed by atoms with Crippen LogP contribution in [0.25, 0.3) is 0 Å². The first-order valence-electron chi connectivity index (χ1n) is 4.38. The molecule has 0 amide bonds. The zero-order valence-corrected chi connectivity index (χ0v) is 10.3. The number of hydrogen-bond donors (Lipinski definition) is 1. The molecule has 0 aliphatic rings. The Kier molecular flexibility index (Phi) is 6.16. The van der Waals surface area contributed by atoms with Crippen molar-refractivity contribution >= 4 is 21.8 Å². The number of sulfonamides is 1. The number of nitrogens with one attached hydrogen (secondary N) is 1. The number of nitrogens with zero attached hydrogens (tertiary/aromatic N) is 1. The van der Waals surface area contributed by atoms with E-state index in [1.165, 1.54) is 0 Å². The van der Waals surface area contributed by atoms with Gasteiger partial charge >= 0.3 is 0 Å². The third-order valence-electron chi connectivity index (χ3n) is 1.86. The summed E-state index contributed by atoms with van der Waals surface area (Å²) in [6.45, 7) is 3.99. The maximum atomic E-state index is 11.5. The molecule has 14 heavy (non-hydrogen) atoms. The normalized spacial score (nSPS) is 15.9. The molecule has 1 N–H and O–H groups in total. The zero-order chi connectivity index (χ0) is 11.2. The van der Waals surface area contributed by atoms with E-state index in [1.807, 2.05) is 13.2 Å². The van der Waals surface area contributed by atoms with Crippen molar-refractivity contribution in [1.29, 1.82) is 5.26 Å². The topological polar surface area (TPSA) is 70.0 Å². The Morgan fingerprint density at radius 2 is 2.14 bits per heavy atom. The van der Waals surface area contributed by atoms with Gasteiger partial charge in [-0.15, -0.1) is 0 Å². The third kappa shape index (κ3) is 4.31. The van der Waals surface area contributed by atoms with Gasteiger partial charge in [0.2, 0.25) is 10.0 Å². The highest BCUT2D eigenvalue weighted by Gasteiger charge is 2.23. The molecule has 0 aromatic carbocycles. The van der Waals surface area contributed by atoms with Gasteiger partial charge in [-0.1, -0.05) is 13.8 Å². The van der Waals surface area contributed by atoms with Crippen molar-refractivity contribution in [3.05, 3.63) is 0 Å². The molecule has 0 radical (unpaired) electrons. The second-order valence-electron chi connectivity index (χ2n) is 2.97. The second-order valence-corrected chi connectivity index (χ2v) is 6.19. The summed E-state index contributed by atoms with van der Waals surface area (Å²) >= 11 is 1.58. The van der Waals surface area contributed by atoms with Gasteiger partial charge in [0.15, 0.2) is 5.25 Å². The predicted molar refractivity (Wildman–Crippen MR) is 59.6 cm³/mol. The summed E-state index contributed by atoms with van der Waals surface area (Å²) in [5.74, 6) is 0. The van der Waals surface area contributed by atoms with Crippen molar-refractivity contribution in [1.82, 2.24) is 4.72 Å². The molecule has 0 rings (SSSR count). The minimum atomic E-state index is -3.45. The fraction of sp³-hybridized carbons (Fsp3) is 0.875. The average Bonchev–Trinajstić information content (AvgIpc) is 2.15. The lowest BCUT2D eigenvalue weighted by atomic mass is 10.4. The van der Waals surface area contributed by atoms with Crippen LogP contribution in [0.1, 0.15) is 20.3 Å². The van der Waals surface area contributed by atoms with Crippen LogP contribution in [0, 0.1) is 11.3 Å². The Morgan fingerprint density at radius 3 is 2.50 bits per heavy atom. The molecule has 0 spiro atoms. The van der Waals surface area contributed by atoms with E-state index in [4.69, 9.17) is 5.26 Å². The molecule has 82 valence electrons. The van der Waals surface area contributed by atoms with Crippen LogP contribution >= 0.6 is 11.8 Å². The summed E-state index contributed by atoms with van der Waals surface area (Å²) in [7, 11) is -3.45. The molecule has 0 fully saturated rings. The monoisotopic (exact) mass is 236 g/mol. The van der Waals surface area contributed by atoms with Crippen LogP contribution in [-0.2, 0) is 10.0 Å². The molecule has 6 heteroatoms. The third-order valence-corrected chi connectivity index (χ3v) is 4.59. The van der Waals surface area contributed by atoms with Crippen LogP contribution in [-0.4, -0.2) is 31.7 Å². The fourth-order valence-corrected chi connectivity index (χ4v) is 2.41. The minimum absolute atomic E-state index is 0.223. The number of rotatable bonds is 6. The molecule has 4 nitrogen and oxygen atoms in total. The van der Waals surface area contributed by atoms with Crippen molar-refractivity contribution < 1.29 is 8.42 Å². The largest absolute Gasteiger partial charge is 0.227 e. The fourth-order valence-electron chi connectivity index (χ4n) is 0.798. The molecule has 0 aromatic rings. The standard InChI is InChI=1S/C8H16N2O2S2/c1-4-8(5-9)14(11,12)10-6-7(2)13-3/h7-8,10H,4,6H2,1-3H3. The summed E-state index contributed by atoms with van der Waals surface area (Å²) < 4.78 is 25.4. The summed E-state index contributed by atoms with van der Waals surface area (Å²) in [5.41, 5.74) is 0. The molecule has 0 aliphatic carbocycles. The van der Waals surface area contributed by atoms with Crippen LogP contribution in [0.2, 0.25) is 0 Å². The molecular weight excluding hydrogens is 220 g/mol. The average molecular weight is 236 g/mol. The molecule has 0 aromatic heterocycles. The van der Waals surface area contributed by atoms with Gasteiger partial charge in [-0.25, -0.2) is 13.1 Å². The van der Waals surface area contributed by atoms with E-state index in [9.17, 15) is 8.42 Å². The van der Waals surface area contributed by atoms with Gasteiger partial charge in [0.1, 0.15) is 0 Å². The highest BCUT2D eigenvalue weighted by molar-refractivity contribution is 7.99. The van der Waals surface area contributed by atoms with E-state index in [0.29, 0.717) is 13.0 Å². The maximum absolute atomic E-state index is 11.5. The first kappa shape index (κ1) is 13.8. The van der Waals surface area contributed by atoms with Gasteiger partial charge < -0.3 is 0 Å². The number of nitriles is 1. The van der Waals surface area contributed by atoms with E-state index in [0.717, 1.165) is 0 Å². The number of hydrogen-bond acceptors (Lipinski definition) is 4. The first-order chi connectivity index (χ1) is 6.47. The van der Waals surface area contributed by atoms with Crippen molar-refractivity contribution in [2.24, 2.45) is 0 Å². The first-order valence-corrected chi connectivity index (χ1v) is 7.22. The molecule has 2 unspecified atom stereocenters. The lowest BCUT2D eigenvalue weighted by Crippen LogP contribution is -2.36.